The molecule has 6 heteroatoms. The van der Waals surface area contributed by atoms with Gasteiger partial charge >= 0.3 is 12.1 Å². The van der Waals surface area contributed by atoms with Crippen LogP contribution in [0.1, 0.15) is 12.0 Å². The second kappa shape index (κ2) is 5.71. The minimum absolute atomic E-state index is 0.127. The molecule has 0 aromatic heterocycles. The Labute approximate surface area is 110 Å². The minimum Gasteiger partial charge on any atom is -0.480 e. The van der Waals surface area contributed by atoms with Crippen molar-refractivity contribution in [3.05, 3.63) is 35.9 Å². The van der Waals surface area contributed by atoms with Crippen molar-refractivity contribution in [1.82, 2.24) is 10.2 Å². The van der Waals surface area contributed by atoms with Gasteiger partial charge in [0.1, 0.15) is 6.04 Å². The highest BCUT2D eigenvalue weighted by Gasteiger charge is 2.39. The molecule has 1 fully saturated rings. The smallest absolute Gasteiger partial charge is 0.408 e. The lowest BCUT2D eigenvalue weighted by Crippen LogP contribution is -2.40. The van der Waals surface area contributed by atoms with Crippen molar-refractivity contribution in [2.75, 3.05) is 6.54 Å². The summed E-state index contributed by atoms with van der Waals surface area (Å²) in [6.07, 6.45) is -0.884. The maximum Gasteiger partial charge on any atom is 0.408 e. The van der Waals surface area contributed by atoms with Crippen molar-refractivity contribution in [3.63, 3.8) is 0 Å². The predicted molar refractivity (Wildman–Crippen MR) is 67.8 cm³/mol. The van der Waals surface area contributed by atoms with Crippen LogP contribution < -0.4 is 5.32 Å². The van der Waals surface area contributed by atoms with Gasteiger partial charge in [-0.25, -0.2) is 9.59 Å². The lowest BCUT2D eigenvalue weighted by atomic mass is 10.1. The Morgan fingerprint density at radius 2 is 1.95 bits per heavy atom. The number of benzene rings is 1. The standard InChI is InChI=1S/C13H16N2O4/c16-12(17)11-6-10(8-15(11)13(18)19)14-7-9-4-2-1-3-5-9/h1-5,10-11,14H,6-8H2,(H,16,17)(H,18,19)/t10-,11+/m1/s1. The number of nitrogens with zero attached hydrogens (tertiary/aromatic N) is 1. The van der Waals surface area contributed by atoms with E-state index in [1.807, 2.05) is 30.3 Å². The van der Waals surface area contributed by atoms with Crippen LogP contribution in [0.4, 0.5) is 4.79 Å². The van der Waals surface area contributed by atoms with Gasteiger partial charge in [-0.1, -0.05) is 30.3 Å². The maximum absolute atomic E-state index is 11.0. The third kappa shape index (κ3) is 3.23. The summed E-state index contributed by atoms with van der Waals surface area (Å²) < 4.78 is 0. The quantitative estimate of drug-likeness (QED) is 0.754. The van der Waals surface area contributed by atoms with E-state index in [-0.39, 0.29) is 12.6 Å². The Morgan fingerprint density at radius 1 is 1.26 bits per heavy atom. The van der Waals surface area contributed by atoms with Gasteiger partial charge in [0.15, 0.2) is 0 Å². The number of carbonyl (C=O) groups is 2. The van der Waals surface area contributed by atoms with E-state index in [0.717, 1.165) is 10.5 Å². The Balaban J connectivity index is 1.93. The average molecular weight is 264 g/mol. The van der Waals surface area contributed by atoms with Gasteiger partial charge in [0.2, 0.25) is 0 Å². The zero-order valence-electron chi connectivity index (χ0n) is 10.3. The molecule has 3 N–H and O–H groups in total. The summed E-state index contributed by atoms with van der Waals surface area (Å²) in [5, 5.41) is 21.2. The zero-order chi connectivity index (χ0) is 13.8. The van der Waals surface area contributed by atoms with E-state index in [2.05, 4.69) is 5.32 Å². The Hall–Kier alpha value is -2.08. The van der Waals surface area contributed by atoms with Gasteiger partial charge in [0.05, 0.1) is 0 Å². The first-order valence-electron chi connectivity index (χ1n) is 6.07. The van der Waals surface area contributed by atoms with Crippen molar-refractivity contribution < 1.29 is 19.8 Å². The molecule has 0 bridgehead atoms. The molecule has 0 unspecified atom stereocenters. The number of likely N-dealkylation sites (tertiary alicyclic amines) is 1. The molecule has 1 aromatic carbocycles. The van der Waals surface area contributed by atoms with Crippen molar-refractivity contribution >= 4 is 12.1 Å². The lowest BCUT2D eigenvalue weighted by Gasteiger charge is -2.16. The first-order valence-corrected chi connectivity index (χ1v) is 6.07. The molecule has 1 amide bonds. The van der Waals surface area contributed by atoms with Crippen LogP contribution in [0, 0.1) is 0 Å². The van der Waals surface area contributed by atoms with Crippen LogP contribution in [-0.4, -0.2) is 45.8 Å². The number of rotatable bonds is 4. The van der Waals surface area contributed by atoms with Crippen LogP contribution in [-0.2, 0) is 11.3 Å². The highest BCUT2D eigenvalue weighted by molar-refractivity contribution is 5.80. The van der Waals surface area contributed by atoms with Gasteiger partial charge in [0.25, 0.3) is 0 Å². The fourth-order valence-corrected chi connectivity index (χ4v) is 2.29. The van der Waals surface area contributed by atoms with Gasteiger partial charge < -0.3 is 15.5 Å². The molecule has 6 nitrogen and oxygen atoms in total. The lowest BCUT2D eigenvalue weighted by molar-refractivity contribution is -0.141. The molecule has 1 aliphatic heterocycles. The van der Waals surface area contributed by atoms with E-state index in [0.29, 0.717) is 13.0 Å². The summed E-state index contributed by atoms with van der Waals surface area (Å²) in [6.45, 7) is 0.810. The van der Waals surface area contributed by atoms with Crippen LogP contribution in [0.5, 0.6) is 0 Å². The molecular formula is C13H16N2O4. The number of hydrogen-bond acceptors (Lipinski definition) is 3. The van der Waals surface area contributed by atoms with Crippen molar-refractivity contribution in [2.45, 2.75) is 25.0 Å². The normalized spacial score (nSPS) is 22.4. The monoisotopic (exact) mass is 264 g/mol. The first kappa shape index (κ1) is 13.4. The van der Waals surface area contributed by atoms with Crippen LogP contribution >= 0.6 is 0 Å². The van der Waals surface area contributed by atoms with E-state index in [9.17, 15) is 9.59 Å². The molecule has 102 valence electrons. The van der Waals surface area contributed by atoms with Gasteiger partial charge in [-0.3, -0.25) is 4.90 Å². The molecule has 19 heavy (non-hydrogen) atoms. The third-order valence-electron chi connectivity index (χ3n) is 3.27. The van der Waals surface area contributed by atoms with Crippen molar-refractivity contribution in [3.8, 4) is 0 Å². The number of nitrogens with one attached hydrogen (secondary N) is 1. The Bertz CT molecular complexity index is 441. The second-order valence-corrected chi connectivity index (χ2v) is 4.59. The number of carboxylic acids is 1. The Morgan fingerprint density at radius 3 is 2.47 bits per heavy atom. The maximum atomic E-state index is 11.0. The van der Waals surface area contributed by atoms with E-state index in [1.54, 1.807) is 0 Å². The molecule has 0 aliphatic carbocycles. The van der Waals surface area contributed by atoms with Gasteiger partial charge in [-0.2, -0.15) is 0 Å². The molecule has 2 rings (SSSR count). The molecule has 0 radical (unpaired) electrons. The van der Waals surface area contributed by atoms with Gasteiger partial charge in [-0.05, 0) is 12.0 Å². The summed E-state index contributed by atoms with van der Waals surface area (Å²) in [6, 6.07) is 8.62. The topological polar surface area (TPSA) is 89.9 Å². The SMILES string of the molecule is O=C(O)[C@@H]1C[C@@H](NCc2ccccc2)CN1C(=O)O. The molecule has 1 heterocycles. The van der Waals surface area contributed by atoms with Crippen molar-refractivity contribution in [1.29, 1.82) is 0 Å². The van der Waals surface area contributed by atoms with E-state index >= 15 is 0 Å². The fourth-order valence-electron chi connectivity index (χ4n) is 2.29. The zero-order valence-corrected chi connectivity index (χ0v) is 10.3. The fraction of sp³-hybridized carbons (Fsp3) is 0.385. The summed E-state index contributed by atoms with van der Waals surface area (Å²) in [5.74, 6) is -1.09. The van der Waals surface area contributed by atoms with Crippen LogP contribution in [0.25, 0.3) is 0 Å². The summed E-state index contributed by atoms with van der Waals surface area (Å²) in [7, 11) is 0. The van der Waals surface area contributed by atoms with Crippen LogP contribution in [0.3, 0.4) is 0 Å². The minimum atomic E-state index is -1.18. The largest absolute Gasteiger partial charge is 0.480 e. The van der Waals surface area contributed by atoms with Gasteiger partial charge in [-0.15, -0.1) is 0 Å². The third-order valence-corrected chi connectivity index (χ3v) is 3.27. The molecule has 0 spiro atoms. The molecule has 0 saturated carbocycles. The summed E-state index contributed by atoms with van der Waals surface area (Å²) in [5.41, 5.74) is 1.09. The average Bonchev–Trinajstić information content (AvgIpc) is 2.82. The molecule has 1 aliphatic rings. The van der Waals surface area contributed by atoms with Crippen LogP contribution in [0.2, 0.25) is 0 Å². The highest BCUT2D eigenvalue weighted by Crippen LogP contribution is 2.18. The highest BCUT2D eigenvalue weighted by atomic mass is 16.4. The predicted octanol–water partition coefficient (Wildman–Crippen LogP) is 0.982. The molecule has 2 atom stereocenters. The number of hydrogen-bond donors (Lipinski definition) is 3. The molecule has 1 saturated heterocycles. The number of amides is 1. The van der Waals surface area contributed by atoms with E-state index < -0.39 is 18.1 Å². The first-order chi connectivity index (χ1) is 9.08. The van der Waals surface area contributed by atoms with E-state index in [4.69, 9.17) is 10.2 Å². The summed E-state index contributed by atoms with van der Waals surface area (Å²) in [4.78, 5) is 23.0. The van der Waals surface area contributed by atoms with Crippen LogP contribution in [0.15, 0.2) is 30.3 Å². The van der Waals surface area contributed by atoms with E-state index in [1.165, 1.54) is 0 Å². The van der Waals surface area contributed by atoms with Crippen molar-refractivity contribution in [2.24, 2.45) is 0 Å². The summed E-state index contributed by atoms with van der Waals surface area (Å²) >= 11 is 0. The second-order valence-electron chi connectivity index (χ2n) is 4.59. The van der Waals surface area contributed by atoms with Gasteiger partial charge in [0, 0.05) is 19.1 Å². The Kier molecular flexibility index (Phi) is 4.01. The number of carboxylic acid groups (broad SMARTS) is 2. The number of aliphatic carboxylic acids is 1. The molecule has 1 aromatic rings. The molecular weight excluding hydrogens is 248 g/mol.